The highest BCUT2D eigenvalue weighted by atomic mass is 16.5. The van der Waals surface area contributed by atoms with Crippen molar-refractivity contribution >= 4 is 17.5 Å². The predicted molar refractivity (Wildman–Crippen MR) is 135 cm³/mol. The lowest BCUT2D eigenvalue weighted by atomic mass is 10.1. The van der Waals surface area contributed by atoms with Gasteiger partial charge in [-0.25, -0.2) is 0 Å². The summed E-state index contributed by atoms with van der Waals surface area (Å²) in [5, 5.41) is 9.73. The van der Waals surface area contributed by atoms with Crippen molar-refractivity contribution in [2.24, 2.45) is 0 Å². The molecule has 0 spiro atoms. The van der Waals surface area contributed by atoms with Gasteiger partial charge in [-0.3, -0.25) is 9.59 Å². The molecule has 0 radical (unpaired) electrons. The van der Waals surface area contributed by atoms with Crippen LogP contribution >= 0.6 is 0 Å². The minimum absolute atomic E-state index is 0.0650. The second kappa shape index (κ2) is 8.90. The van der Waals surface area contributed by atoms with E-state index in [1.807, 2.05) is 36.4 Å². The SMILES string of the molecule is COc1ccc(N2Cc3ccc(CN4Cc5ccc(O)cc5C4=O)cc3C2=O)cc1OC1CCCC1. The Bertz CT molecular complexity index is 1360. The van der Waals surface area contributed by atoms with Gasteiger partial charge in [0.2, 0.25) is 0 Å². The maximum Gasteiger partial charge on any atom is 0.258 e. The monoisotopic (exact) mass is 484 g/mol. The van der Waals surface area contributed by atoms with Crippen molar-refractivity contribution in [1.29, 1.82) is 0 Å². The van der Waals surface area contributed by atoms with Crippen LogP contribution in [0.5, 0.6) is 17.2 Å². The van der Waals surface area contributed by atoms with Crippen molar-refractivity contribution in [3.63, 3.8) is 0 Å². The highest BCUT2D eigenvalue weighted by Crippen LogP contribution is 2.38. The summed E-state index contributed by atoms with van der Waals surface area (Å²) in [7, 11) is 1.63. The maximum absolute atomic E-state index is 13.4. The van der Waals surface area contributed by atoms with E-state index in [0.717, 1.165) is 35.2 Å². The molecule has 0 bridgehead atoms. The van der Waals surface area contributed by atoms with Crippen molar-refractivity contribution in [1.82, 2.24) is 4.90 Å². The van der Waals surface area contributed by atoms with Crippen molar-refractivity contribution in [2.45, 2.75) is 51.4 Å². The van der Waals surface area contributed by atoms with Crippen molar-refractivity contribution < 1.29 is 24.2 Å². The maximum atomic E-state index is 13.4. The van der Waals surface area contributed by atoms with E-state index in [0.29, 0.717) is 42.3 Å². The number of aromatic hydroxyl groups is 1. The lowest BCUT2D eigenvalue weighted by molar-refractivity contribution is 0.0766. The summed E-state index contributed by atoms with van der Waals surface area (Å²) >= 11 is 0. The lowest BCUT2D eigenvalue weighted by Crippen LogP contribution is -2.24. The van der Waals surface area contributed by atoms with Gasteiger partial charge in [0, 0.05) is 36.0 Å². The smallest absolute Gasteiger partial charge is 0.258 e. The van der Waals surface area contributed by atoms with E-state index in [4.69, 9.17) is 9.47 Å². The third-order valence-electron chi connectivity index (χ3n) is 7.38. The number of rotatable bonds is 6. The summed E-state index contributed by atoms with van der Waals surface area (Å²) < 4.78 is 11.7. The number of hydrogen-bond acceptors (Lipinski definition) is 5. The minimum atomic E-state index is -0.109. The molecule has 7 nitrogen and oxygen atoms in total. The van der Waals surface area contributed by atoms with Crippen LogP contribution in [-0.2, 0) is 19.6 Å². The molecule has 0 aromatic heterocycles. The molecule has 0 atom stereocenters. The van der Waals surface area contributed by atoms with E-state index in [9.17, 15) is 14.7 Å². The number of phenolic OH excluding ortho intramolecular Hbond substituents is 1. The first-order valence-corrected chi connectivity index (χ1v) is 12.4. The van der Waals surface area contributed by atoms with Crippen LogP contribution < -0.4 is 14.4 Å². The zero-order chi connectivity index (χ0) is 24.8. The van der Waals surface area contributed by atoms with Crippen LogP contribution in [0.2, 0.25) is 0 Å². The molecule has 2 heterocycles. The van der Waals surface area contributed by atoms with Gasteiger partial charge in [-0.05, 0) is 72.7 Å². The second-order valence-electron chi connectivity index (χ2n) is 9.74. The highest BCUT2D eigenvalue weighted by molar-refractivity contribution is 6.10. The fraction of sp³-hybridized carbons (Fsp3) is 0.310. The molecule has 2 amide bonds. The normalized spacial score (nSPS) is 17.0. The number of hydrogen-bond donors (Lipinski definition) is 1. The molecule has 7 heteroatoms. The van der Waals surface area contributed by atoms with Crippen LogP contribution in [0.3, 0.4) is 0 Å². The van der Waals surface area contributed by atoms with Crippen molar-refractivity contribution in [3.05, 3.63) is 82.4 Å². The molecule has 1 saturated carbocycles. The molecule has 2 aliphatic heterocycles. The highest BCUT2D eigenvalue weighted by Gasteiger charge is 2.31. The number of carbonyl (C=O) groups excluding carboxylic acids is 2. The summed E-state index contributed by atoms with van der Waals surface area (Å²) in [6.45, 7) is 1.37. The second-order valence-corrected chi connectivity index (χ2v) is 9.74. The molecule has 1 N–H and O–H groups in total. The summed E-state index contributed by atoms with van der Waals surface area (Å²) in [6.07, 6.45) is 4.61. The molecular formula is C29H28N2O5. The number of carbonyl (C=O) groups is 2. The van der Waals surface area contributed by atoms with E-state index in [1.54, 1.807) is 29.0 Å². The number of fused-ring (bicyclic) bond motifs is 2. The first-order valence-electron chi connectivity index (χ1n) is 12.4. The molecule has 0 unspecified atom stereocenters. The van der Waals surface area contributed by atoms with Gasteiger partial charge in [0.05, 0.1) is 19.8 Å². The average molecular weight is 485 g/mol. The van der Waals surface area contributed by atoms with Crippen LogP contribution in [0.25, 0.3) is 0 Å². The topological polar surface area (TPSA) is 79.3 Å². The third-order valence-corrected chi connectivity index (χ3v) is 7.38. The summed E-state index contributed by atoms with van der Waals surface area (Å²) in [5.74, 6) is 1.25. The number of methoxy groups -OCH3 is 1. The molecular weight excluding hydrogens is 456 g/mol. The minimum Gasteiger partial charge on any atom is -0.508 e. The average Bonchev–Trinajstić information content (AvgIpc) is 3.59. The lowest BCUT2D eigenvalue weighted by Gasteiger charge is -2.20. The molecule has 3 aromatic rings. The van der Waals surface area contributed by atoms with Crippen molar-refractivity contribution in [2.75, 3.05) is 12.0 Å². The summed E-state index contributed by atoms with van der Waals surface area (Å²) in [4.78, 5) is 29.7. The largest absolute Gasteiger partial charge is 0.508 e. The number of ether oxygens (including phenoxy) is 2. The Kier molecular flexibility index (Phi) is 5.55. The van der Waals surface area contributed by atoms with Gasteiger partial charge in [0.15, 0.2) is 11.5 Å². The Hall–Kier alpha value is -4.00. The van der Waals surface area contributed by atoms with Gasteiger partial charge in [-0.2, -0.15) is 0 Å². The van der Waals surface area contributed by atoms with Gasteiger partial charge in [-0.1, -0.05) is 18.2 Å². The van der Waals surface area contributed by atoms with E-state index >= 15 is 0 Å². The van der Waals surface area contributed by atoms with Crippen LogP contribution in [-0.4, -0.2) is 35.0 Å². The molecule has 0 saturated heterocycles. The Morgan fingerprint density at radius 2 is 1.61 bits per heavy atom. The summed E-state index contributed by atoms with van der Waals surface area (Å²) in [6, 6.07) is 16.4. The molecule has 1 fully saturated rings. The molecule has 184 valence electrons. The van der Waals surface area contributed by atoms with Crippen LogP contribution in [0.1, 0.15) is 63.1 Å². The van der Waals surface area contributed by atoms with Crippen LogP contribution in [0.15, 0.2) is 54.6 Å². The number of benzene rings is 3. The molecule has 3 aromatic carbocycles. The zero-order valence-corrected chi connectivity index (χ0v) is 20.2. The Morgan fingerprint density at radius 3 is 2.42 bits per heavy atom. The number of amides is 2. The Balaban J connectivity index is 1.21. The van der Waals surface area contributed by atoms with E-state index in [2.05, 4.69) is 0 Å². The molecule has 36 heavy (non-hydrogen) atoms. The van der Waals surface area contributed by atoms with Gasteiger partial charge >= 0.3 is 0 Å². The van der Waals surface area contributed by atoms with Crippen LogP contribution in [0, 0.1) is 0 Å². The standard InChI is InChI=1S/C29H28N2O5/c1-35-26-11-9-21(13-27(26)36-23-4-2-3-5-23)31-17-20-7-6-18(12-24(20)29(31)34)15-30-16-19-8-10-22(32)14-25(19)28(30)33/h6-14,23,32H,2-5,15-17H2,1H3. The number of phenols is 1. The van der Waals surface area contributed by atoms with Gasteiger partial charge in [0.25, 0.3) is 11.8 Å². The summed E-state index contributed by atoms with van der Waals surface area (Å²) in [5.41, 5.74) is 4.72. The number of nitrogens with zero attached hydrogens (tertiary/aromatic N) is 2. The van der Waals surface area contributed by atoms with Crippen molar-refractivity contribution in [3.8, 4) is 17.2 Å². The predicted octanol–water partition coefficient (Wildman–Crippen LogP) is 5.04. The van der Waals surface area contributed by atoms with E-state index in [-0.39, 0.29) is 23.7 Å². The van der Waals surface area contributed by atoms with Gasteiger partial charge in [0.1, 0.15) is 5.75 Å². The molecule has 3 aliphatic rings. The fourth-order valence-corrected chi connectivity index (χ4v) is 5.46. The Morgan fingerprint density at radius 1 is 0.861 bits per heavy atom. The number of anilines is 1. The molecule has 1 aliphatic carbocycles. The van der Waals surface area contributed by atoms with E-state index in [1.165, 1.54) is 18.9 Å². The zero-order valence-electron chi connectivity index (χ0n) is 20.2. The van der Waals surface area contributed by atoms with Crippen LogP contribution in [0.4, 0.5) is 5.69 Å². The third kappa shape index (κ3) is 3.94. The first-order chi connectivity index (χ1) is 17.5. The quantitative estimate of drug-likeness (QED) is 0.530. The Labute approximate surface area is 209 Å². The van der Waals surface area contributed by atoms with Gasteiger partial charge < -0.3 is 24.4 Å². The fourth-order valence-electron chi connectivity index (χ4n) is 5.46. The van der Waals surface area contributed by atoms with Gasteiger partial charge in [-0.15, -0.1) is 0 Å². The first kappa shape index (κ1) is 22.5. The van der Waals surface area contributed by atoms with E-state index < -0.39 is 0 Å². The molecule has 6 rings (SSSR count).